The minimum Gasteiger partial charge on any atom is -0.373 e. The fourth-order valence-corrected chi connectivity index (χ4v) is 5.66. The molecule has 1 aliphatic carbocycles. The zero-order valence-electron chi connectivity index (χ0n) is 17.4. The third-order valence-corrected chi connectivity index (χ3v) is 7.31. The molecule has 2 N–H and O–H groups in total. The van der Waals surface area contributed by atoms with Crippen LogP contribution in [0.25, 0.3) is 11.3 Å². The molecular weight excluding hydrogens is 439 g/mol. The molecule has 2 saturated heterocycles. The Morgan fingerprint density at radius 2 is 1.90 bits per heavy atom. The van der Waals surface area contributed by atoms with Gasteiger partial charge in [0.15, 0.2) is 0 Å². The van der Waals surface area contributed by atoms with Crippen molar-refractivity contribution < 1.29 is 14.5 Å². The van der Waals surface area contributed by atoms with Gasteiger partial charge in [0.2, 0.25) is 5.96 Å². The second-order valence-corrected chi connectivity index (χ2v) is 9.42. The molecule has 3 atom stereocenters. The van der Waals surface area contributed by atoms with Crippen molar-refractivity contribution >= 4 is 29.2 Å². The second-order valence-electron chi connectivity index (χ2n) is 8.60. The highest BCUT2D eigenvalue weighted by Crippen LogP contribution is 2.46. The Kier molecular flexibility index (Phi) is 5.86. The monoisotopic (exact) mass is 464 g/mol. The fraction of sp³-hybridized carbons (Fsp3) is 0.545. The number of nitrogens with zero attached hydrogens (tertiary/aromatic N) is 3. The number of piperidine rings is 1. The van der Waals surface area contributed by atoms with E-state index in [0.29, 0.717) is 51.9 Å². The van der Waals surface area contributed by atoms with E-state index in [9.17, 15) is 5.21 Å². The van der Waals surface area contributed by atoms with Gasteiger partial charge in [-0.3, -0.25) is 10.2 Å². The molecule has 1 aromatic heterocycles. The average Bonchev–Trinajstić information content (AvgIpc) is 3.47. The van der Waals surface area contributed by atoms with Gasteiger partial charge in [-0.2, -0.15) is 0 Å². The maximum Gasteiger partial charge on any atom is 0.218 e. The van der Waals surface area contributed by atoms with Crippen LogP contribution in [0.15, 0.2) is 27.7 Å². The van der Waals surface area contributed by atoms with Gasteiger partial charge in [0.25, 0.3) is 0 Å². The molecule has 1 saturated carbocycles. The lowest BCUT2D eigenvalue weighted by Gasteiger charge is -2.40. The van der Waals surface area contributed by atoms with Crippen molar-refractivity contribution in [1.82, 2.24) is 15.5 Å². The lowest BCUT2D eigenvalue weighted by molar-refractivity contribution is -0.0140. The zero-order valence-corrected chi connectivity index (χ0v) is 18.9. The lowest BCUT2D eigenvalue weighted by atomic mass is 9.99. The van der Waals surface area contributed by atoms with Crippen molar-refractivity contribution in [2.45, 2.75) is 69.2 Å². The molecule has 31 heavy (non-hydrogen) atoms. The van der Waals surface area contributed by atoms with Gasteiger partial charge in [0, 0.05) is 36.2 Å². The highest BCUT2D eigenvalue weighted by atomic mass is 35.5. The summed E-state index contributed by atoms with van der Waals surface area (Å²) in [5, 5.41) is 14.9. The Morgan fingerprint density at radius 1 is 1.23 bits per heavy atom. The van der Waals surface area contributed by atoms with Crippen molar-refractivity contribution in [2.75, 3.05) is 7.05 Å². The van der Waals surface area contributed by atoms with Crippen LogP contribution in [-0.2, 0) is 11.3 Å². The third-order valence-electron chi connectivity index (χ3n) is 6.68. The minimum absolute atomic E-state index is 0.127. The first-order chi connectivity index (χ1) is 15.1. The predicted octanol–water partition coefficient (Wildman–Crippen LogP) is 5.00. The van der Waals surface area contributed by atoms with E-state index in [1.807, 2.05) is 18.2 Å². The van der Waals surface area contributed by atoms with Crippen LogP contribution in [-0.4, -0.2) is 46.5 Å². The number of halogens is 2. The number of nitrogens with one attached hydrogen (secondary N) is 1. The molecule has 2 bridgehead atoms. The SMILES string of the molecule is CN=C(NO)N1[C@@H]2CC[C@H]1CC(OCc1c(-c3c(Cl)cccc3Cl)noc1C1CC1)C2. The number of hydrogen-bond donors (Lipinski definition) is 2. The van der Waals surface area contributed by atoms with Crippen LogP contribution in [0.2, 0.25) is 10.0 Å². The summed E-state index contributed by atoms with van der Waals surface area (Å²) in [5.74, 6) is 1.84. The standard InChI is InChI=1S/C22H26Cl2N4O3/c1-25-22(26-29)28-13-7-8-14(28)10-15(9-13)30-11-16-20(27-31-21(16)12-5-6-12)19-17(23)3-2-4-18(19)24/h2-4,12-15,29H,5-11H2,1H3,(H,25,26)/t13-,14+,15?. The first kappa shape index (κ1) is 21.1. The van der Waals surface area contributed by atoms with E-state index in [0.717, 1.165) is 49.8 Å². The van der Waals surface area contributed by atoms with E-state index >= 15 is 0 Å². The quantitative estimate of drug-likeness (QED) is 0.367. The predicted molar refractivity (Wildman–Crippen MR) is 119 cm³/mol. The number of rotatable bonds is 5. The molecule has 7 nitrogen and oxygen atoms in total. The number of ether oxygens (including phenoxy) is 1. The normalized spacial score (nSPS) is 25.9. The molecule has 1 unspecified atom stereocenters. The van der Waals surface area contributed by atoms with Crippen molar-refractivity contribution in [3.05, 3.63) is 39.6 Å². The fourth-order valence-electron chi connectivity index (χ4n) is 5.08. The van der Waals surface area contributed by atoms with E-state index in [2.05, 4.69) is 20.5 Å². The van der Waals surface area contributed by atoms with Crippen LogP contribution in [0, 0.1) is 0 Å². The first-order valence-corrected chi connectivity index (χ1v) is 11.6. The Labute approximate surface area is 191 Å². The van der Waals surface area contributed by atoms with Gasteiger partial charge in [-0.1, -0.05) is 34.4 Å². The van der Waals surface area contributed by atoms with Gasteiger partial charge in [0.1, 0.15) is 11.5 Å². The molecule has 3 heterocycles. The number of aromatic nitrogens is 1. The van der Waals surface area contributed by atoms with Crippen LogP contribution in [0.4, 0.5) is 0 Å². The molecule has 0 spiro atoms. The number of benzene rings is 1. The third kappa shape index (κ3) is 3.93. The molecule has 2 aliphatic heterocycles. The number of fused-ring (bicyclic) bond motifs is 2. The van der Waals surface area contributed by atoms with E-state index in [1.54, 1.807) is 7.05 Å². The maximum absolute atomic E-state index is 9.42. The van der Waals surface area contributed by atoms with Crippen molar-refractivity contribution in [3.63, 3.8) is 0 Å². The van der Waals surface area contributed by atoms with E-state index < -0.39 is 0 Å². The van der Waals surface area contributed by atoms with E-state index in [1.165, 1.54) is 0 Å². The molecular formula is C22H26Cl2N4O3. The molecule has 2 aromatic rings. The minimum atomic E-state index is 0.127. The molecule has 3 fully saturated rings. The van der Waals surface area contributed by atoms with Crippen LogP contribution >= 0.6 is 23.2 Å². The zero-order chi connectivity index (χ0) is 21.5. The van der Waals surface area contributed by atoms with E-state index in [4.69, 9.17) is 32.5 Å². The number of hydroxylamine groups is 1. The summed E-state index contributed by atoms with van der Waals surface area (Å²) in [4.78, 5) is 6.38. The van der Waals surface area contributed by atoms with Crippen molar-refractivity contribution in [3.8, 4) is 11.3 Å². The summed E-state index contributed by atoms with van der Waals surface area (Å²) in [6.07, 6.45) is 6.27. The highest BCUT2D eigenvalue weighted by Gasteiger charge is 2.43. The Hall–Kier alpha value is -1.80. The van der Waals surface area contributed by atoms with Crippen LogP contribution in [0.1, 0.15) is 55.8 Å². The van der Waals surface area contributed by atoms with Crippen molar-refractivity contribution in [1.29, 1.82) is 0 Å². The average molecular weight is 465 g/mol. The second kappa shape index (κ2) is 8.62. The van der Waals surface area contributed by atoms with Crippen LogP contribution in [0.5, 0.6) is 0 Å². The molecule has 1 aromatic carbocycles. The number of guanidine groups is 1. The van der Waals surface area contributed by atoms with Gasteiger partial charge in [-0.05, 0) is 50.7 Å². The Bertz CT molecular complexity index is 957. The smallest absolute Gasteiger partial charge is 0.218 e. The van der Waals surface area contributed by atoms with Crippen LogP contribution < -0.4 is 5.48 Å². The Balaban J connectivity index is 1.35. The maximum atomic E-state index is 9.42. The van der Waals surface area contributed by atoms with Gasteiger partial charge in [-0.25, -0.2) is 5.48 Å². The summed E-state index contributed by atoms with van der Waals surface area (Å²) < 4.78 is 12.2. The first-order valence-electron chi connectivity index (χ1n) is 10.8. The number of hydrogen-bond acceptors (Lipinski definition) is 5. The van der Waals surface area contributed by atoms with Crippen LogP contribution in [0.3, 0.4) is 0 Å². The lowest BCUT2D eigenvalue weighted by Crippen LogP contribution is -2.52. The van der Waals surface area contributed by atoms with Gasteiger partial charge in [0.05, 0.1) is 22.8 Å². The van der Waals surface area contributed by atoms with Crippen molar-refractivity contribution in [2.24, 2.45) is 4.99 Å². The summed E-state index contributed by atoms with van der Waals surface area (Å²) >= 11 is 12.9. The summed E-state index contributed by atoms with van der Waals surface area (Å²) in [6.45, 7) is 0.420. The summed E-state index contributed by atoms with van der Waals surface area (Å²) in [7, 11) is 1.69. The molecule has 166 valence electrons. The van der Waals surface area contributed by atoms with Gasteiger partial charge >= 0.3 is 0 Å². The molecule has 3 aliphatic rings. The van der Waals surface area contributed by atoms with Gasteiger partial charge in [-0.15, -0.1) is 0 Å². The number of aliphatic imine (C=N–C) groups is 1. The molecule has 0 radical (unpaired) electrons. The summed E-state index contributed by atoms with van der Waals surface area (Å²) in [5.41, 5.74) is 4.59. The van der Waals surface area contributed by atoms with Gasteiger partial charge < -0.3 is 14.2 Å². The molecule has 0 amide bonds. The topological polar surface area (TPSA) is 83.1 Å². The molecule has 5 rings (SSSR count). The molecule has 9 heteroatoms. The largest absolute Gasteiger partial charge is 0.373 e. The Morgan fingerprint density at radius 3 is 2.48 bits per heavy atom. The summed E-state index contributed by atoms with van der Waals surface area (Å²) in [6, 6.07) is 6.07. The highest BCUT2D eigenvalue weighted by molar-refractivity contribution is 6.39. The van der Waals surface area contributed by atoms with E-state index in [-0.39, 0.29) is 6.10 Å².